The summed E-state index contributed by atoms with van der Waals surface area (Å²) in [7, 11) is 2.94. The van der Waals surface area contributed by atoms with Gasteiger partial charge in [0.2, 0.25) is 0 Å². The van der Waals surface area contributed by atoms with E-state index in [0.29, 0.717) is 40.1 Å². The molecule has 1 atom stereocenters. The van der Waals surface area contributed by atoms with E-state index in [9.17, 15) is 14.7 Å². The van der Waals surface area contributed by atoms with Crippen LogP contribution in [-0.4, -0.2) is 37.6 Å². The Morgan fingerprint density at radius 1 is 0.971 bits per heavy atom. The zero-order valence-electron chi connectivity index (χ0n) is 19.4. The number of anilines is 1. The Kier molecular flexibility index (Phi) is 6.98. The highest BCUT2D eigenvalue weighted by atomic mass is 35.5. The quantitative estimate of drug-likeness (QED) is 0.270. The largest absolute Gasteiger partial charge is 0.507 e. The van der Waals surface area contributed by atoms with Gasteiger partial charge in [0.25, 0.3) is 11.7 Å². The first-order valence-electron chi connectivity index (χ1n) is 10.9. The van der Waals surface area contributed by atoms with Gasteiger partial charge < -0.3 is 19.3 Å². The number of hydrogen-bond acceptors (Lipinski definition) is 6. The number of nitrogens with zero attached hydrogens (tertiary/aromatic N) is 1. The van der Waals surface area contributed by atoms with Crippen molar-refractivity contribution in [2.45, 2.75) is 13.0 Å². The third-order valence-electron chi connectivity index (χ3n) is 5.70. The molecule has 0 saturated carbocycles. The Labute approximate surface area is 208 Å². The van der Waals surface area contributed by atoms with E-state index in [-0.39, 0.29) is 16.9 Å². The van der Waals surface area contributed by atoms with Gasteiger partial charge in [-0.15, -0.1) is 0 Å². The van der Waals surface area contributed by atoms with Gasteiger partial charge in [0.05, 0.1) is 38.0 Å². The molecule has 3 aromatic carbocycles. The normalized spacial score (nSPS) is 16.9. The van der Waals surface area contributed by atoms with Crippen molar-refractivity contribution in [2.75, 3.05) is 25.7 Å². The number of carbonyl (C=O) groups excluding carboxylic acids is 2. The molecular weight excluding hydrogens is 470 g/mol. The van der Waals surface area contributed by atoms with Crippen molar-refractivity contribution in [1.82, 2.24) is 0 Å². The number of ketones is 1. The third-order valence-corrected chi connectivity index (χ3v) is 5.95. The molecule has 1 N–H and O–H groups in total. The maximum Gasteiger partial charge on any atom is 0.300 e. The number of hydrogen-bond donors (Lipinski definition) is 1. The van der Waals surface area contributed by atoms with E-state index in [4.69, 9.17) is 25.8 Å². The van der Waals surface area contributed by atoms with Crippen molar-refractivity contribution < 1.29 is 28.9 Å². The summed E-state index contributed by atoms with van der Waals surface area (Å²) in [6, 6.07) is 17.6. The van der Waals surface area contributed by atoms with Gasteiger partial charge in [-0.1, -0.05) is 29.8 Å². The predicted octanol–water partition coefficient (Wildman–Crippen LogP) is 5.38. The average molecular weight is 494 g/mol. The molecule has 180 valence electrons. The molecule has 8 heteroatoms. The van der Waals surface area contributed by atoms with E-state index < -0.39 is 17.7 Å². The Bertz CT molecular complexity index is 1300. The first kappa shape index (κ1) is 24.2. The number of ether oxygens (including phenoxy) is 3. The second kappa shape index (κ2) is 10.1. The fraction of sp³-hybridized carbons (Fsp3) is 0.185. The lowest BCUT2D eigenvalue weighted by atomic mass is 9.94. The molecule has 0 aromatic heterocycles. The van der Waals surface area contributed by atoms with Gasteiger partial charge >= 0.3 is 0 Å². The van der Waals surface area contributed by atoms with Crippen LogP contribution in [0.2, 0.25) is 5.02 Å². The van der Waals surface area contributed by atoms with Crippen LogP contribution in [0.1, 0.15) is 24.1 Å². The summed E-state index contributed by atoms with van der Waals surface area (Å²) in [5.41, 5.74) is 1.20. The van der Waals surface area contributed by atoms with Gasteiger partial charge in [0, 0.05) is 16.8 Å². The zero-order valence-corrected chi connectivity index (χ0v) is 20.2. The van der Waals surface area contributed by atoms with Gasteiger partial charge in [-0.3, -0.25) is 14.5 Å². The van der Waals surface area contributed by atoms with Crippen LogP contribution in [0.3, 0.4) is 0 Å². The van der Waals surface area contributed by atoms with Crippen LogP contribution in [0, 0.1) is 0 Å². The van der Waals surface area contributed by atoms with E-state index in [2.05, 4.69) is 0 Å². The number of benzene rings is 3. The molecule has 35 heavy (non-hydrogen) atoms. The molecule has 1 unspecified atom stereocenters. The highest BCUT2D eigenvalue weighted by Gasteiger charge is 2.47. The van der Waals surface area contributed by atoms with E-state index in [1.807, 2.05) is 6.92 Å². The molecule has 0 spiro atoms. The van der Waals surface area contributed by atoms with E-state index in [1.54, 1.807) is 66.7 Å². The number of carbonyl (C=O) groups is 2. The Morgan fingerprint density at radius 3 is 2.37 bits per heavy atom. The monoisotopic (exact) mass is 493 g/mol. The Hall–Kier alpha value is -3.97. The number of aliphatic hydroxyl groups is 1. The van der Waals surface area contributed by atoms with Gasteiger partial charge in [0.1, 0.15) is 23.0 Å². The fourth-order valence-corrected chi connectivity index (χ4v) is 4.22. The molecule has 1 amide bonds. The summed E-state index contributed by atoms with van der Waals surface area (Å²) < 4.78 is 16.3. The van der Waals surface area contributed by atoms with Gasteiger partial charge in [-0.05, 0) is 55.0 Å². The topological polar surface area (TPSA) is 85.3 Å². The Morgan fingerprint density at radius 2 is 1.71 bits per heavy atom. The van der Waals surface area contributed by atoms with Crippen LogP contribution in [0.4, 0.5) is 5.69 Å². The molecule has 0 bridgehead atoms. The number of aliphatic hydroxyl groups excluding tert-OH is 1. The summed E-state index contributed by atoms with van der Waals surface area (Å²) in [4.78, 5) is 28.1. The maximum atomic E-state index is 13.4. The highest BCUT2D eigenvalue weighted by molar-refractivity contribution is 6.51. The van der Waals surface area contributed by atoms with Crippen molar-refractivity contribution in [3.8, 4) is 17.2 Å². The van der Waals surface area contributed by atoms with Gasteiger partial charge in [0.15, 0.2) is 0 Å². The summed E-state index contributed by atoms with van der Waals surface area (Å²) in [5, 5.41) is 11.9. The van der Waals surface area contributed by atoms with E-state index >= 15 is 0 Å². The molecule has 3 aromatic rings. The summed E-state index contributed by atoms with van der Waals surface area (Å²) >= 11 is 6.10. The van der Waals surface area contributed by atoms with Crippen LogP contribution >= 0.6 is 11.6 Å². The minimum Gasteiger partial charge on any atom is -0.507 e. The van der Waals surface area contributed by atoms with Crippen LogP contribution < -0.4 is 19.1 Å². The third kappa shape index (κ3) is 4.55. The second-order valence-electron chi connectivity index (χ2n) is 7.72. The standard InChI is InChI=1S/C27H24ClNO6/c1-4-35-20-7-5-6-18(14-20)29-24(16-8-10-17(28)11-9-16)23(26(31)27(29)32)25(30)21-15-19(33-2)12-13-22(21)34-3/h5-15,24,30H,4H2,1-3H3/b25-23+. The van der Waals surface area contributed by atoms with Crippen LogP contribution in [0.15, 0.2) is 72.3 Å². The molecule has 0 radical (unpaired) electrons. The summed E-state index contributed by atoms with van der Waals surface area (Å²) in [6.45, 7) is 2.30. The lowest BCUT2D eigenvalue weighted by Gasteiger charge is -2.26. The molecule has 1 aliphatic rings. The number of amides is 1. The number of Topliss-reactive ketones (excluding diaryl/α,β-unsaturated/α-hetero) is 1. The highest BCUT2D eigenvalue weighted by Crippen LogP contribution is 2.44. The minimum absolute atomic E-state index is 0.0781. The first-order valence-corrected chi connectivity index (χ1v) is 11.3. The van der Waals surface area contributed by atoms with E-state index in [1.165, 1.54) is 19.1 Å². The fourth-order valence-electron chi connectivity index (χ4n) is 4.09. The second-order valence-corrected chi connectivity index (χ2v) is 8.15. The number of rotatable bonds is 7. The van der Waals surface area contributed by atoms with Gasteiger partial charge in [-0.25, -0.2) is 0 Å². The van der Waals surface area contributed by atoms with E-state index in [0.717, 1.165) is 0 Å². The average Bonchev–Trinajstić information content (AvgIpc) is 3.14. The lowest BCUT2D eigenvalue weighted by molar-refractivity contribution is -0.132. The zero-order chi connectivity index (χ0) is 25.1. The first-order chi connectivity index (χ1) is 16.9. The predicted molar refractivity (Wildman–Crippen MR) is 133 cm³/mol. The molecular formula is C27H24ClNO6. The molecule has 1 saturated heterocycles. The molecule has 0 aliphatic carbocycles. The molecule has 1 heterocycles. The molecule has 7 nitrogen and oxygen atoms in total. The van der Waals surface area contributed by atoms with Crippen LogP contribution in [0.25, 0.3) is 5.76 Å². The molecule has 4 rings (SSSR count). The SMILES string of the molecule is CCOc1cccc(N2C(=O)C(=O)/C(=C(/O)c3cc(OC)ccc3OC)C2c2ccc(Cl)cc2)c1. The number of halogens is 1. The molecule has 1 aliphatic heterocycles. The Balaban J connectivity index is 1.96. The van der Waals surface area contributed by atoms with Crippen molar-refractivity contribution >= 4 is 34.7 Å². The minimum atomic E-state index is -0.917. The van der Waals surface area contributed by atoms with Crippen molar-refractivity contribution in [3.63, 3.8) is 0 Å². The smallest absolute Gasteiger partial charge is 0.300 e. The number of methoxy groups -OCH3 is 2. The van der Waals surface area contributed by atoms with Crippen molar-refractivity contribution in [1.29, 1.82) is 0 Å². The van der Waals surface area contributed by atoms with Crippen LogP contribution in [0.5, 0.6) is 17.2 Å². The molecule has 1 fully saturated rings. The summed E-state index contributed by atoms with van der Waals surface area (Å²) in [5.74, 6) is -0.647. The van der Waals surface area contributed by atoms with Crippen molar-refractivity contribution in [3.05, 3.63) is 88.5 Å². The van der Waals surface area contributed by atoms with Crippen LogP contribution in [-0.2, 0) is 9.59 Å². The van der Waals surface area contributed by atoms with Gasteiger partial charge in [-0.2, -0.15) is 0 Å². The van der Waals surface area contributed by atoms with Crippen molar-refractivity contribution in [2.24, 2.45) is 0 Å². The maximum absolute atomic E-state index is 13.4. The lowest BCUT2D eigenvalue weighted by Crippen LogP contribution is -2.29. The summed E-state index contributed by atoms with van der Waals surface area (Å²) in [6.07, 6.45) is 0.